The third kappa shape index (κ3) is 6.48. The molecule has 0 bridgehead atoms. The largest absolute Gasteiger partial charge is 0.484 e. The van der Waals surface area contributed by atoms with Crippen molar-refractivity contribution >= 4 is 23.2 Å². The number of carbonyl (C=O) groups excluding carboxylic acids is 2. The van der Waals surface area contributed by atoms with Crippen LogP contribution in [0.1, 0.15) is 38.7 Å². The third-order valence-electron chi connectivity index (χ3n) is 5.79. The fourth-order valence-electron chi connectivity index (χ4n) is 3.68. The minimum atomic E-state index is -0.630. The molecule has 1 saturated heterocycles. The van der Waals surface area contributed by atoms with Gasteiger partial charge in [0, 0.05) is 24.5 Å². The quantitative estimate of drug-likeness (QED) is 0.636. The van der Waals surface area contributed by atoms with Gasteiger partial charge in [0.2, 0.25) is 5.91 Å². The highest BCUT2D eigenvalue weighted by molar-refractivity contribution is 5.97. The van der Waals surface area contributed by atoms with Gasteiger partial charge in [0.15, 0.2) is 6.61 Å². The van der Waals surface area contributed by atoms with Crippen LogP contribution in [0.5, 0.6) is 5.75 Å². The molecular weight excluding hydrogens is 390 g/mol. The van der Waals surface area contributed by atoms with E-state index in [0.717, 1.165) is 36.4 Å². The van der Waals surface area contributed by atoms with Gasteiger partial charge in [-0.25, -0.2) is 0 Å². The zero-order valence-corrected chi connectivity index (χ0v) is 18.7. The van der Waals surface area contributed by atoms with E-state index in [1.807, 2.05) is 63.2 Å². The van der Waals surface area contributed by atoms with Crippen molar-refractivity contribution in [2.45, 2.75) is 46.1 Å². The number of carbonyl (C=O) groups is 2. The Bertz CT molecular complexity index is 876. The Morgan fingerprint density at radius 3 is 2.48 bits per heavy atom. The van der Waals surface area contributed by atoms with Crippen LogP contribution >= 0.6 is 0 Å². The summed E-state index contributed by atoms with van der Waals surface area (Å²) < 4.78 is 5.56. The smallest absolute Gasteiger partial charge is 0.258 e. The van der Waals surface area contributed by atoms with Crippen LogP contribution in [-0.2, 0) is 9.59 Å². The highest BCUT2D eigenvalue weighted by atomic mass is 16.5. The number of nitrogens with one attached hydrogen (secondary N) is 2. The van der Waals surface area contributed by atoms with Gasteiger partial charge in [0.05, 0.1) is 0 Å². The van der Waals surface area contributed by atoms with Gasteiger partial charge in [0.1, 0.15) is 11.8 Å². The van der Waals surface area contributed by atoms with Crippen molar-refractivity contribution in [1.82, 2.24) is 5.32 Å². The first-order valence-corrected chi connectivity index (χ1v) is 11.1. The predicted molar refractivity (Wildman–Crippen MR) is 125 cm³/mol. The topological polar surface area (TPSA) is 70.7 Å². The Hall–Kier alpha value is -3.02. The van der Waals surface area contributed by atoms with Crippen molar-refractivity contribution in [3.05, 3.63) is 54.1 Å². The third-order valence-corrected chi connectivity index (χ3v) is 5.79. The second-order valence-electron chi connectivity index (χ2n) is 8.27. The molecule has 31 heavy (non-hydrogen) atoms. The lowest BCUT2D eigenvalue weighted by atomic mass is 9.98. The average molecular weight is 424 g/mol. The maximum Gasteiger partial charge on any atom is 0.258 e. The lowest BCUT2D eigenvalue weighted by Crippen LogP contribution is -2.49. The Morgan fingerprint density at radius 1 is 1.10 bits per heavy atom. The van der Waals surface area contributed by atoms with E-state index in [4.69, 9.17) is 4.74 Å². The molecule has 166 valence electrons. The van der Waals surface area contributed by atoms with Gasteiger partial charge < -0.3 is 20.3 Å². The first kappa shape index (κ1) is 22.7. The Morgan fingerprint density at radius 2 is 1.81 bits per heavy atom. The van der Waals surface area contributed by atoms with Crippen LogP contribution in [0.25, 0.3) is 0 Å². The molecule has 0 spiro atoms. The van der Waals surface area contributed by atoms with Gasteiger partial charge in [-0.05, 0) is 56.0 Å². The van der Waals surface area contributed by atoms with Gasteiger partial charge in [-0.1, -0.05) is 44.0 Å². The summed E-state index contributed by atoms with van der Waals surface area (Å²) >= 11 is 0. The van der Waals surface area contributed by atoms with Crippen LogP contribution < -0.4 is 20.3 Å². The van der Waals surface area contributed by atoms with Crippen molar-refractivity contribution in [2.75, 3.05) is 29.9 Å². The summed E-state index contributed by atoms with van der Waals surface area (Å²) in [7, 11) is 0. The lowest BCUT2D eigenvalue weighted by Gasteiger charge is -2.24. The molecule has 0 unspecified atom stereocenters. The summed E-state index contributed by atoms with van der Waals surface area (Å²) in [4.78, 5) is 27.8. The van der Waals surface area contributed by atoms with E-state index in [-0.39, 0.29) is 24.3 Å². The first-order chi connectivity index (χ1) is 15.0. The molecule has 2 amide bonds. The van der Waals surface area contributed by atoms with Crippen LogP contribution in [0.15, 0.2) is 48.5 Å². The zero-order chi connectivity index (χ0) is 22.2. The molecular formula is C25H33N3O3. The maximum absolute atomic E-state index is 13.0. The summed E-state index contributed by atoms with van der Waals surface area (Å²) in [6, 6.07) is 14.8. The number of nitrogens with zero attached hydrogens (tertiary/aromatic N) is 1. The van der Waals surface area contributed by atoms with Crippen LogP contribution in [0.4, 0.5) is 11.4 Å². The van der Waals surface area contributed by atoms with Gasteiger partial charge in [-0.3, -0.25) is 9.59 Å². The second-order valence-corrected chi connectivity index (χ2v) is 8.27. The number of hydrogen-bond acceptors (Lipinski definition) is 4. The van der Waals surface area contributed by atoms with E-state index in [1.54, 1.807) is 0 Å². The van der Waals surface area contributed by atoms with E-state index < -0.39 is 6.04 Å². The molecule has 1 aliphatic heterocycles. The molecule has 6 heteroatoms. The molecule has 2 aromatic carbocycles. The minimum absolute atomic E-state index is 0.00918. The molecule has 0 radical (unpaired) electrons. The molecule has 6 nitrogen and oxygen atoms in total. The lowest BCUT2D eigenvalue weighted by molar-refractivity contribution is -0.128. The number of amides is 2. The molecule has 0 aromatic heterocycles. The van der Waals surface area contributed by atoms with Crippen LogP contribution in [-0.4, -0.2) is 37.6 Å². The van der Waals surface area contributed by atoms with Gasteiger partial charge in [0.25, 0.3) is 5.91 Å². The van der Waals surface area contributed by atoms with Crippen molar-refractivity contribution in [3.8, 4) is 5.75 Å². The molecule has 3 rings (SSSR count). The second kappa shape index (κ2) is 10.8. The van der Waals surface area contributed by atoms with Crippen LogP contribution in [0, 0.1) is 12.8 Å². The normalized spacial score (nSPS) is 15.3. The summed E-state index contributed by atoms with van der Waals surface area (Å²) in [5.41, 5.74) is 2.98. The minimum Gasteiger partial charge on any atom is -0.484 e. The van der Waals surface area contributed by atoms with Crippen molar-refractivity contribution in [2.24, 2.45) is 5.92 Å². The van der Waals surface area contributed by atoms with E-state index in [1.165, 1.54) is 12.8 Å². The molecule has 2 aromatic rings. The summed E-state index contributed by atoms with van der Waals surface area (Å²) in [5, 5.41) is 5.84. The molecule has 0 saturated carbocycles. The Balaban J connectivity index is 1.60. The SMILES string of the molecule is CC[C@@H](C)[C@@H](NC(=O)COc1ccc(C)cc1)C(=O)Nc1cccc(N2CCCC2)c1. The monoisotopic (exact) mass is 423 g/mol. The van der Waals surface area contributed by atoms with E-state index in [0.29, 0.717) is 5.75 Å². The number of anilines is 2. The average Bonchev–Trinajstić information content (AvgIpc) is 3.32. The fraction of sp³-hybridized carbons (Fsp3) is 0.440. The Kier molecular flexibility index (Phi) is 7.93. The molecule has 1 heterocycles. The first-order valence-electron chi connectivity index (χ1n) is 11.1. The van der Waals surface area contributed by atoms with Gasteiger partial charge in [-0.2, -0.15) is 0 Å². The standard InChI is InChI=1S/C25H33N3O3/c1-4-19(3)24(27-23(29)17-31-22-12-10-18(2)11-13-22)25(30)26-20-8-7-9-21(16-20)28-14-5-6-15-28/h7-13,16,19,24H,4-6,14-15,17H2,1-3H3,(H,26,30)(H,27,29)/t19-,24-/m1/s1. The highest BCUT2D eigenvalue weighted by Crippen LogP contribution is 2.24. The van der Waals surface area contributed by atoms with Gasteiger partial charge >= 0.3 is 0 Å². The van der Waals surface area contributed by atoms with E-state index in [2.05, 4.69) is 21.6 Å². The number of rotatable bonds is 9. The fourth-order valence-corrected chi connectivity index (χ4v) is 3.68. The zero-order valence-electron chi connectivity index (χ0n) is 18.7. The molecule has 1 aliphatic rings. The number of benzene rings is 2. The molecule has 2 atom stereocenters. The van der Waals surface area contributed by atoms with Crippen molar-refractivity contribution < 1.29 is 14.3 Å². The van der Waals surface area contributed by atoms with Crippen molar-refractivity contribution in [3.63, 3.8) is 0 Å². The van der Waals surface area contributed by atoms with Crippen LogP contribution in [0.2, 0.25) is 0 Å². The maximum atomic E-state index is 13.0. The Labute approximate surface area is 185 Å². The molecule has 1 fully saturated rings. The number of hydrogen-bond donors (Lipinski definition) is 2. The highest BCUT2D eigenvalue weighted by Gasteiger charge is 2.26. The summed E-state index contributed by atoms with van der Waals surface area (Å²) in [6.45, 7) is 7.92. The van der Waals surface area contributed by atoms with E-state index >= 15 is 0 Å². The summed E-state index contributed by atoms with van der Waals surface area (Å²) in [6.07, 6.45) is 3.16. The summed E-state index contributed by atoms with van der Waals surface area (Å²) in [5.74, 6) is 0.0950. The van der Waals surface area contributed by atoms with E-state index in [9.17, 15) is 9.59 Å². The van der Waals surface area contributed by atoms with Crippen LogP contribution in [0.3, 0.4) is 0 Å². The number of ether oxygens (including phenoxy) is 1. The molecule has 2 N–H and O–H groups in total. The van der Waals surface area contributed by atoms with Crippen molar-refractivity contribution in [1.29, 1.82) is 0 Å². The number of aryl methyl sites for hydroxylation is 1. The predicted octanol–water partition coefficient (Wildman–Crippen LogP) is 4.14. The van der Waals surface area contributed by atoms with Gasteiger partial charge in [-0.15, -0.1) is 0 Å². The molecule has 0 aliphatic carbocycles.